The van der Waals surface area contributed by atoms with Crippen LogP contribution in [-0.4, -0.2) is 44.7 Å². The number of halogens is 1. The van der Waals surface area contributed by atoms with E-state index in [9.17, 15) is 0 Å². The van der Waals surface area contributed by atoms with E-state index in [1.54, 1.807) is 0 Å². The van der Waals surface area contributed by atoms with Crippen molar-refractivity contribution in [2.24, 2.45) is 0 Å². The summed E-state index contributed by atoms with van der Waals surface area (Å²) in [5.41, 5.74) is 2.58. The fourth-order valence-electron chi connectivity index (χ4n) is 2.24. The van der Waals surface area contributed by atoms with Crippen molar-refractivity contribution in [2.75, 3.05) is 38.6 Å². The van der Waals surface area contributed by atoms with Crippen LogP contribution in [0.5, 0.6) is 0 Å². The maximum atomic E-state index is 6.23. The lowest BCUT2D eigenvalue weighted by molar-refractivity contribution is 0.412. The molecule has 0 aliphatic carbocycles. The molecule has 3 nitrogen and oxygen atoms in total. The Morgan fingerprint density at radius 3 is 2.43 bits per heavy atom. The van der Waals surface area contributed by atoms with Gasteiger partial charge in [0, 0.05) is 42.9 Å². The third-order valence-electron chi connectivity index (χ3n) is 3.40. The molecule has 4 heteroatoms. The van der Waals surface area contributed by atoms with E-state index < -0.39 is 0 Å². The predicted octanol–water partition coefficient (Wildman–Crippen LogP) is 3.62. The normalized spacial score (nSPS) is 11.4. The molecule has 0 atom stereocenters. The molecule has 1 aromatic rings. The zero-order valence-electron chi connectivity index (χ0n) is 14.1. The first kappa shape index (κ1) is 18.3. The zero-order valence-corrected chi connectivity index (χ0v) is 14.9. The van der Waals surface area contributed by atoms with Crippen LogP contribution < -0.4 is 10.2 Å². The minimum atomic E-state index is 0.481. The van der Waals surface area contributed by atoms with Crippen molar-refractivity contribution in [3.05, 3.63) is 28.8 Å². The van der Waals surface area contributed by atoms with Crippen molar-refractivity contribution in [1.29, 1.82) is 0 Å². The summed E-state index contributed by atoms with van der Waals surface area (Å²) in [5, 5.41) is 4.31. The van der Waals surface area contributed by atoms with E-state index in [1.165, 1.54) is 11.3 Å². The van der Waals surface area contributed by atoms with Crippen LogP contribution in [0.15, 0.2) is 18.2 Å². The summed E-state index contributed by atoms with van der Waals surface area (Å²) in [5.74, 6) is 0. The SMILES string of the molecule is CCCN(CCN(C)C)c1cc(Cl)ccc1CNC(C)C. The lowest BCUT2D eigenvalue weighted by atomic mass is 10.1. The van der Waals surface area contributed by atoms with Crippen molar-refractivity contribution in [1.82, 2.24) is 10.2 Å². The Morgan fingerprint density at radius 2 is 1.86 bits per heavy atom. The number of nitrogens with zero attached hydrogens (tertiary/aromatic N) is 2. The molecule has 0 aliphatic heterocycles. The molecule has 0 heterocycles. The Morgan fingerprint density at radius 1 is 1.14 bits per heavy atom. The van der Waals surface area contributed by atoms with Crippen LogP contribution >= 0.6 is 11.6 Å². The van der Waals surface area contributed by atoms with Crippen molar-refractivity contribution >= 4 is 17.3 Å². The highest BCUT2D eigenvalue weighted by atomic mass is 35.5. The molecule has 0 aliphatic rings. The molecule has 0 amide bonds. The van der Waals surface area contributed by atoms with Gasteiger partial charge in [-0.25, -0.2) is 0 Å². The van der Waals surface area contributed by atoms with Crippen molar-refractivity contribution in [3.63, 3.8) is 0 Å². The second kappa shape index (κ2) is 9.29. The summed E-state index contributed by atoms with van der Waals surface area (Å²) in [6.45, 7) is 10.6. The Kier molecular flexibility index (Phi) is 8.09. The number of hydrogen-bond donors (Lipinski definition) is 1. The van der Waals surface area contributed by atoms with Gasteiger partial charge in [-0.1, -0.05) is 38.4 Å². The van der Waals surface area contributed by atoms with E-state index in [-0.39, 0.29) is 0 Å². The Bertz CT molecular complexity index is 418. The van der Waals surface area contributed by atoms with E-state index in [0.717, 1.165) is 37.6 Å². The number of anilines is 1. The van der Waals surface area contributed by atoms with E-state index in [4.69, 9.17) is 11.6 Å². The van der Waals surface area contributed by atoms with Crippen LogP contribution in [-0.2, 0) is 6.54 Å². The van der Waals surface area contributed by atoms with Gasteiger partial charge in [0.05, 0.1) is 0 Å². The number of benzene rings is 1. The van der Waals surface area contributed by atoms with Crippen LogP contribution in [0.2, 0.25) is 5.02 Å². The van der Waals surface area contributed by atoms with E-state index >= 15 is 0 Å². The lowest BCUT2D eigenvalue weighted by Gasteiger charge is -2.28. The van der Waals surface area contributed by atoms with Gasteiger partial charge < -0.3 is 15.1 Å². The Labute approximate surface area is 135 Å². The molecule has 0 fully saturated rings. The molecular weight excluding hydrogens is 282 g/mol. The average Bonchev–Trinajstić information content (AvgIpc) is 2.41. The van der Waals surface area contributed by atoms with Crippen LogP contribution in [0.4, 0.5) is 5.69 Å². The van der Waals surface area contributed by atoms with Gasteiger partial charge >= 0.3 is 0 Å². The Hall–Kier alpha value is -0.770. The minimum absolute atomic E-state index is 0.481. The fraction of sp³-hybridized carbons (Fsp3) is 0.647. The van der Waals surface area contributed by atoms with E-state index in [1.807, 2.05) is 6.07 Å². The summed E-state index contributed by atoms with van der Waals surface area (Å²) in [7, 11) is 4.23. The number of likely N-dealkylation sites (N-methyl/N-ethyl adjacent to an activating group) is 1. The quantitative estimate of drug-likeness (QED) is 0.751. The van der Waals surface area contributed by atoms with Gasteiger partial charge in [0.2, 0.25) is 0 Å². The predicted molar refractivity (Wildman–Crippen MR) is 94.5 cm³/mol. The summed E-state index contributed by atoms with van der Waals surface area (Å²) >= 11 is 6.23. The van der Waals surface area contributed by atoms with E-state index in [2.05, 4.69) is 62.1 Å². The monoisotopic (exact) mass is 311 g/mol. The third-order valence-corrected chi connectivity index (χ3v) is 3.63. The smallest absolute Gasteiger partial charge is 0.0427 e. The van der Waals surface area contributed by atoms with Crippen molar-refractivity contribution in [3.8, 4) is 0 Å². The summed E-state index contributed by atoms with van der Waals surface area (Å²) in [4.78, 5) is 4.67. The highest BCUT2D eigenvalue weighted by Gasteiger charge is 2.12. The van der Waals surface area contributed by atoms with Crippen molar-refractivity contribution in [2.45, 2.75) is 39.8 Å². The molecule has 0 bridgehead atoms. The molecule has 1 rings (SSSR count). The first-order valence-corrected chi connectivity index (χ1v) is 8.23. The molecule has 21 heavy (non-hydrogen) atoms. The summed E-state index contributed by atoms with van der Waals surface area (Å²) in [6.07, 6.45) is 1.14. The van der Waals surface area contributed by atoms with Crippen LogP contribution in [0, 0.1) is 0 Å². The first-order chi connectivity index (χ1) is 9.93. The highest BCUT2D eigenvalue weighted by molar-refractivity contribution is 6.30. The van der Waals surface area contributed by atoms with Crippen LogP contribution in [0.25, 0.3) is 0 Å². The van der Waals surface area contributed by atoms with Gasteiger partial charge in [-0.05, 0) is 38.2 Å². The highest BCUT2D eigenvalue weighted by Crippen LogP contribution is 2.25. The molecule has 1 N–H and O–H groups in total. The summed E-state index contributed by atoms with van der Waals surface area (Å²) < 4.78 is 0. The molecule has 0 saturated carbocycles. The molecule has 0 saturated heterocycles. The maximum Gasteiger partial charge on any atom is 0.0427 e. The standard InChI is InChI=1S/C17H30ClN3/c1-6-9-21(11-10-20(4)5)17-12-16(18)8-7-15(17)13-19-14(2)3/h7-8,12,14,19H,6,9-11,13H2,1-5H3. The van der Waals surface area contributed by atoms with Crippen LogP contribution in [0.1, 0.15) is 32.8 Å². The van der Waals surface area contributed by atoms with Crippen molar-refractivity contribution < 1.29 is 0 Å². The second-order valence-corrected chi connectivity index (χ2v) is 6.54. The minimum Gasteiger partial charge on any atom is -0.370 e. The molecule has 0 radical (unpaired) electrons. The topological polar surface area (TPSA) is 18.5 Å². The average molecular weight is 312 g/mol. The van der Waals surface area contributed by atoms with E-state index in [0.29, 0.717) is 6.04 Å². The second-order valence-electron chi connectivity index (χ2n) is 6.10. The molecule has 0 spiro atoms. The number of hydrogen-bond acceptors (Lipinski definition) is 3. The summed E-state index contributed by atoms with van der Waals surface area (Å²) in [6, 6.07) is 6.71. The van der Waals surface area contributed by atoms with Gasteiger partial charge in [-0.15, -0.1) is 0 Å². The third kappa shape index (κ3) is 6.68. The zero-order chi connectivity index (χ0) is 15.8. The van der Waals surface area contributed by atoms with Gasteiger partial charge in [-0.2, -0.15) is 0 Å². The van der Waals surface area contributed by atoms with Gasteiger partial charge in [0.1, 0.15) is 0 Å². The van der Waals surface area contributed by atoms with Gasteiger partial charge in [0.15, 0.2) is 0 Å². The Balaban J connectivity index is 2.94. The molecular formula is C17H30ClN3. The maximum absolute atomic E-state index is 6.23. The molecule has 0 unspecified atom stereocenters. The fourth-order valence-corrected chi connectivity index (χ4v) is 2.40. The first-order valence-electron chi connectivity index (χ1n) is 7.85. The van der Waals surface area contributed by atoms with Crippen LogP contribution in [0.3, 0.4) is 0 Å². The number of nitrogens with one attached hydrogen (secondary N) is 1. The largest absolute Gasteiger partial charge is 0.370 e. The lowest BCUT2D eigenvalue weighted by Crippen LogP contribution is -2.33. The van der Waals surface area contributed by atoms with Gasteiger partial charge in [-0.3, -0.25) is 0 Å². The van der Waals surface area contributed by atoms with Gasteiger partial charge in [0.25, 0.3) is 0 Å². The molecule has 1 aromatic carbocycles. The molecule has 120 valence electrons. The number of rotatable bonds is 9. The molecule has 0 aromatic heterocycles.